The molecule has 1 nitrogen and oxygen atoms in total. The molecule has 1 unspecified atom stereocenters. The number of hydrogen-bond donors (Lipinski definition) is 1. The van der Waals surface area contributed by atoms with Crippen LogP contribution in [0.3, 0.4) is 0 Å². The zero-order chi connectivity index (χ0) is 13.2. The van der Waals surface area contributed by atoms with Gasteiger partial charge in [-0.05, 0) is 42.2 Å². The topological polar surface area (TPSA) is 12.0 Å². The van der Waals surface area contributed by atoms with Crippen molar-refractivity contribution in [1.29, 1.82) is 0 Å². The van der Waals surface area contributed by atoms with Gasteiger partial charge in [-0.3, -0.25) is 0 Å². The van der Waals surface area contributed by atoms with Gasteiger partial charge in [-0.2, -0.15) is 0 Å². The fourth-order valence-electron chi connectivity index (χ4n) is 2.21. The predicted molar refractivity (Wildman–Crippen MR) is 74.1 cm³/mol. The van der Waals surface area contributed by atoms with E-state index in [9.17, 15) is 4.39 Å². The van der Waals surface area contributed by atoms with E-state index in [1.54, 1.807) is 12.1 Å². The Balaban J connectivity index is 2.06. The molecule has 1 saturated carbocycles. The number of halogens is 1. The summed E-state index contributed by atoms with van der Waals surface area (Å²) in [6.45, 7) is 7.70. The van der Waals surface area contributed by atoms with Crippen LogP contribution in [0.2, 0.25) is 0 Å². The highest BCUT2D eigenvalue weighted by atomic mass is 19.1. The molecule has 0 bridgehead atoms. The first-order valence-corrected chi connectivity index (χ1v) is 6.98. The molecule has 18 heavy (non-hydrogen) atoms. The van der Waals surface area contributed by atoms with E-state index in [0.29, 0.717) is 12.0 Å². The van der Waals surface area contributed by atoms with E-state index in [1.807, 2.05) is 12.1 Å². The van der Waals surface area contributed by atoms with Gasteiger partial charge in [0.15, 0.2) is 0 Å². The lowest BCUT2D eigenvalue weighted by atomic mass is 9.74. The van der Waals surface area contributed by atoms with Crippen LogP contribution in [0.4, 0.5) is 4.39 Å². The van der Waals surface area contributed by atoms with Crippen LogP contribution in [0, 0.1) is 17.2 Å². The van der Waals surface area contributed by atoms with Crippen molar-refractivity contribution in [1.82, 2.24) is 5.32 Å². The van der Waals surface area contributed by atoms with Gasteiger partial charge in [-0.25, -0.2) is 4.39 Å². The first-order valence-electron chi connectivity index (χ1n) is 6.98. The van der Waals surface area contributed by atoms with Crippen molar-refractivity contribution in [2.75, 3.05) is 6.54 Å². The molecule has 0 saturated heterocycles. The monoisotopic (exact) mass is 249 g/mol. The summed E-state index contributed by atoms with van der Waals surface area (Å²) in [7, 11) is 0. The van der Waals surface area contributed by atoms with E-state index < -0.39 is 0 Å². The SMILES string of the molecule is CC(C)C(C)(CNC1CC1)Cc1ccccc1F. The average Bonchev–Trinajstić information content (AvgIpc) is 3.13. The molecule has 0 spiro atoms. The summed E-state index contributed by atoms with van der Waals surface area (Å²) in [5, 5.41) is 3.60. The van der Waals surface area contributed by atoms with Crippen LogP contribution in [0.1, 0.15) is 39.2 Å². The summed E-state index contributed by atoms with van der Waals surface area (Å²) in [5.41, 5.74) is 0.955. The van der Waals surface area contributed by atoms with Gasteiger partial charge >= 0.3 is 0 Å². The lowest BCUT2D eigenvalue weighted by molar-refractivity contribution is 0.204. The minimum atomic E-state index is -0.0733. The maximum atomic E-state index is 13.8. The number of nitrogens with one attached hydrogen (secondary N) is 1. The third-order valence-electron chi connectivity index (χ3n) is 4.32. The van der Waals surface area contributed by atoms with Crippen molar-refractivity contribution < 1.29 is 4.39 Å². The van der Waals surface area contributed by atoms with Crippen LogP contribution in [0.25, 0.3) is 0 Å². The van der Waals surface area contributed by atoms with E-state index in [0.717, 1.165) is 18.5 Å². The quantitative estimate of drug-likeness (QED) is 0.809. The summed E-state index contributed by atoms with van der Waals surface area (Å²) in [4.78, 5) is 0. The van der Waals surface area contributed by atoms with E-state index in [2.05, 4.69) is 26.1 Å². The van der Waals surface area contributed by atoms with Crippen LogP contribution in [-0.2, 0) is 6.42 Å². The molecule has 1 aromatic carbocycles. The van der Waals surface area contributed by atoms with Crippen LogP contribution in [0.5, 0.6) is 0 Å². The van der Waals surface area contributed by atoms with Gasteiger partial charge in [-0.1, -0.05) is 39.0 Å². The molecular weight excluding hydrogens is 225 g/mol. The molecule has 0 aliphatic heterocycles. The molecule has 2 rings (SSSR count). The van der Waals surface area contributed by atoms with Gasteiger partial charge in [0.2, 0.25) is 0 Å². The third kappa shape index (κ3) is 3.32. The van der Waals surface area contributed by atoms with E-state index in [1.165, 1.54) is 12.8 Å². The van der Waals surface area contributed by atoms with Crippen molar-refractivity contribution in [2.24, 2.45) is 11.3 Å². The number of hydrogen-bond acceptors (Lipinski definition) is 1. The van der Waals surface area contributed by atoms with Crippen LogP contribution in [0.15, 0.2) is 24.3 Å². The van der Waals surface area contributed by atoms with Gasteiger partial charge in [-0.15, -0.1) is 0 Å². The van der Waals surface area contributed by atoms with Crippen LogP contribution < -0.4 is 5.32 Å². The first-order chi connectivity index (χ1) is 8.51. The Morgan fingerprint density at radius 2 is 2.00 bits per heavy atom. The molecule has 0 aromatic heterocycles. The number of rotatable bonds is 6. The van der Waals surface area contributed by atoms with Gasteiger partial charge in [0.1, 0.15) is 5.82 Å². The standard InChI is InChI=1S/C16H24FN/c1-12(2)16(3,11-18-14-8-9-14)10-13-6-4-5-7-15(13)17/h4-7,12,14,18H,8-11H2,1-3H3. The zero-order valence-corrected chi connectivity index (χ0v) is 11.7. The normalized spacial score (nSPS) is 18.9. The van der Waals surface area contributed by atoms with E-state index >= 15 is 0 Å². The summed E-state index contributed by atoms with van der Waals surface area (Å²) in [5.74, 6) is 0.458. The maximum Gasteiger partial charge on any atom is 0.126 e. The molecule has 0 amide bonds. The van der Waals surface area contributed by atoms with E-state index in [4.69, 9.17) is 0 Å². The van der Waals surface area contributed by atoms with Crippen LogP contribution in [-0.4, -0.2) is 12.6 Å². The predicted octanol–water partition coefficient (Wildman–Crippen LogP) is 3.78. The minimum absolute atomic E-state index is 0.0733. The lowest BCUT2D eigenvalue weighted by Gasteiger charge is -2.34. The van der Waals surface area contributed by atoms with Gasteiger partial charge in [0.25, 0.3) is 0 Å². The number of benzene rings is 1. The summed E-state index contributed by atoms with van der Waals surface area (Å²) in [6, 6.07) is 7.86. The Labute approximate surface area is 110 Å². The molecule has 1 aromatic rings. The summed E-state index contributed by atoms with van der Waals surface area (Å²) in [6.07, 6.45) is 3.40. The van der Waals surface area contributed by atoms with Gasteiger partial charge < -0.3 is 5.32 Å². The average molecular weight is 249 g/mol. The fourth-order valence-corrected chi connectivity index (χ4v) is 2.21. The molecule has 0 heterocycles. The summed E-state index contributed by atoms with van der Waals surface area (Å²) >= 11 is 0. The van der Waals surface area contributed by atoms with Crippen molar-refractivity contribution in [2.45, 2.75) is 46.1 Å². The molecule has 1 N–H and O–H groups in total. The minimum Gasteiger partial charge on any atom is -0.313 e. The second-order valence-corrected chi connectivity index (χ2v) is 6.23. The first kappa shape index (κ1) is 13.5. The molecule has 100 valence electrons. The zero-order valence-electron chi connectivity index (χ0n) is 11.7. The van der Waals surface area contributed by atoms with E-state index in [-0.39, 0.29) is 11.2 Å². The molecule has 1 fully saturated rings. The Hall–Kier alpha value is -0.890. The Morgan fingerprint density at radius 3 is 2.56 bits per heavy atom. The highest BCUT2D eigenvalue weighted by Crippen LogP contribution is 2.32. The Morgan fingerprint density at radius 1 is 1.33 bits per heavy atom. The van der Waals surface area contributed by atoms with Crippen LogP contribution >= 0.6 is 0 Å². The smallest absolute Gasteiger partial charge is 0.126 e. The second kappa shape index (κ2) is 5.40. The largest absolute Gasteiger partial charge is 0.313 e. The molecule has 1 aliphatic carbocycles. The highest BCUT2D eigenvalue weighted by Gasteiger charge is 2.32. The lowest BCUT2D eigenvalue weighted by Crippen LogP contribution is -2.39. The molecule has 1 atom stereocenters. The maximum absolute atomic E-state index is 13.8. The third-order valence-corrected chi connectivity index (χ3v) is 4.32. The van der Waals surface area contributed by atoms with Crippen molar-refractivity contribution in [3.05, 3.63) is 35.6 Å². The molecular formula is C16H24FN. The fraction of sp³-hybridized carbons (Fsp3) is 0.625. The van der Waals surface area contributed by atoms with Crippen molar-refractivity contribution in [3.63, 3.8) is 0 Å². The van der Waals surface area contributed by atoms with Gasteiger partial charge in [0, 0.05) is 12.6 Å². The second-order valence-electron chi connectivity index (χ2n) is 6.23. The van der Waals surface area contributed by atoms with Gasteiger partial charge in [0.05, 0.1) is 0 Å². The summed E-state index contributed by atoms with van der Waals surface area (Å²) < 4.78 is 13.8. The molecule has 0 radical (unpaired) electrons. The highest BCUT2D eigenvalue weighted by molar-refractivity contribution is 5.19. The Bertz CT molecular complexity index is 398. The Kier molecular flexibility index (Phi) is 4.06. The van der Waals surface area contributed by atoms with Crippen molar-refractivity contribution >= 4 is 0 Å². The molecule has 2 heteroatoms. The molecule has 1 aliphatic rings. The van der Waals surface area contributed by atoms with Crippen molar-refractivity contribution in [3.8, 4) is 0 Å².